The van der Waals surface area contributed by atoms with Crippen molar-refractivity contribution in [2.24, 2.45) is 5.73 Å². The molecule has 1 aliphatic carbocycles. The van der Waals surface area contributed by atoms with E-state index in [4.69, 9.17) is 5.73 Å². The molecule has 0 fully saturated rings. The SMILES string of the molecule is CCC(N)c1cn(Cc2ccc3c(c2)CCC3)nn1. The molecule has 0 saturated heterocycles. The van der Waals surface area contributed by atoms with Gasteiger partial charge in [-0.25, -0.2) is 4.68 Å². The number of hydrogen-bond acceptors (Lipinski definition) is 3. The van der Waals surface area contributed by atoms with Gasteiger partial charge >= 0.3 is 0 Å². The molecule has 0 aliphatic heterocycles. The lowest BCUT2D eigenvalue weighted by Gasteiger charge is -2.05. The van der Waals surface area contributed by atoms with Crippen LogP contribution in [0.1, 0.15) is 48.2 Å². The van der Waals surface area contributed by atoms with Crippen molar-refractivity contribution in [3.8, 4) is 0 Å². The van der Waals surface area contributed by atoms with Crippen LogP contribution in [-0.2, 0) is 19.4 Å². The maximum Gasteiger partial charge on any atom is 0.0994 e. The zero-order valence-electron chi connectivity index (χ0n) is 11.3. The molecule has 4 nitrogen and oxygen atoms in total. The summed E-state index contributed by atoms with van der Waals surface area (Å²) in [5, 5.41) is 8.30. The Morgan fingerprint density at radius 2 is 2.16 bits per heavy atom. The molecule has 1 unspecified atom stereocenters. The first kappa shape index (κ1) is 12.4. The molecule has 1 heterocycles. The molecule has 0 radical (unpaired) electrons. The second-order valence-electron chi connectivity index (χ2n) is 5.31. The fourth-order valence-electron chi connectivity index (χ4n) is 2.68. The topological polar surface area (TPSA) is 56.7 Å². The number of nitrogens with zero attached hydrogens (tertiary/aromatic N) is 3. The summed E-state index contributed by atoms with van der Waals surface area (Å²) in [6.45, 7) is 2.83. The zero-order valence-corrected chi connectivity index (χ0v) is 11.3. The molecule has 1 aromatic heterocycles. The first-order chi connectivity index (χ1) is 9.26. The summed E-state index contributed by atoms with van der Waals surface area (Å²) < 4.78 is 1.88. The molecular formula is C15H20N4. The van der Waals surface area contributed by atoms with Gasteiger partial charge in [-0.05, 0) is 42.4 Å². The predicted octanol–water partition coefficient (Wildman–Crippen LogP) is 2.22. The second-order valence-corrected chi connectivity index (χ2v) is 5.31. The highest BCUT2D eigenvalue weighted by Gasteiger charge is 2.12. The van der Waals surface area contributed by atoms with Gasteiger partial charge in [0.25, 0.3) is 0 Å². The fourth-order valence-corrected chi connectivity index (χ4v) is 2.68. The molecule has 3 rings (SSSR count). The minimum Gasteiger partial charge on any atom is -0.323 e. The van der Waals surface area contributed by atoms with E-state index < -0.39 is 0 Å². The Morgan fingerprint density at radius 1 is 1.32 bits per heavy atom. The van der Waals surface area contributed by atoms with Gasteiger partial charge in [0.05, 0.1) is 24.5 Å². The first-order valence-electron chi connectivity index (χ1n) is 7.02. The monoisotopic (exact) mass is 256 g/mol. The lowest BCUT2D eigenvalue weighted by Crippen LogP contribution is -2.08. The molecule has 1 atom stereocenters. The maximum absolute atomic E-state index is 5.96. The highest BCUT2D eigenvalue weighted by molar-refractivity contribution is 5.35. The van der Waals surface area contributed by atoms with E-state index in [1.165, 1.54) is 36.0 Å². The summed E-state index contributed by atoms with van der Waals surface area (Å²) in [7, 11) is 0. The molecule has 1 aliphatic rings. The quantitative estimate of drug-likeness (QED) is 0.912. The summed E-state index contributed by atoms with van der Waals surface area (Å²) in [6, 6.07) is 6.76. The third-order valence-electron chi connectivity index (χ3n) is 3.88. The number of aryl methyl sites for hydroxylation is 2. The Hall–Kier alpha value is -1.68. The van der Waals surface area contributed by atoms with Crippen LogP contribution < -0.4 is 5.73 Å². The summed E-state index contributed by atoms with van der Waals surface area (Å²) in [4.78, 5) is 0. The van der Waals surface area contributed by atoms with E-state index in [0.29, 0.717) is 0 Å². The average molecular weight is 256 g/mol. The lowest BCUT2D eigenvalue weighted by molar-refractivity contribution is 0.644. The van der Waals surface area contributed by atoms with E-state index in [0.717, 1.165) is 18.7 Å². The van der Waals surface area contributed by atoms with Crippen molar-refractivity contribution in [3.63, 3.8) is 0 Å². The molecule has 2 aromatic rings. The molecular weight excluding hydrogens is 236 g/mol. The van der Waals surface area contributed by atoms with Gasteiger partial charge < -0.3 is 5.73 Å². The molecule has 0 amide bonds. The molecule has 19 heavy (non-hydrogen) atoms. The molecule has 1 aromatic carbocycles. The largest absolute Gasteiger partial charge is 0.323 e. The van der Waals surface area contributed by atoms with E-state index in [2.05, 4.69) is 35.4 Å². The summed E-state index contributed by atoms with van der Waals surface area (Å²) in [5.74, 6) is 0. The van der Waals surface area contributed by atoms with Crippen LogP contribution in [0.4, 0.5) is 0 Å². The molecule has 0 bridgehead atoms. The highest BCUT2D eigenvalue weighted by Crippen LogP contribution is 2.23. The van der Waals surface area contributed by atoms with Crippen LogP contribution in [0.2, 0.25) is 0 Å². The van der Waals surface area contributed by atoms with E-state index in [1.54, 1.807) is 0 Å². The van der Waals surface area contributed by atoms with Crippen molar-refractivity contribution in [1.29, 1.82) is 0 Å². The standard InChI is InChI=1S/C15H20N4/c1-2-14(16)15-10-19(18-17-15)9-11-6-7-12-4-3-5-13(12)8-11/h6-8,10,14H,2-5,9,16H2,1H3. The smallest absolute Gasteiger partial charge is 0.0994 e. The van der Waals surface area contributed by atoms with Gasteiger partial charge in [-0.15, -0.1) is 5.10 Å². The summed E-state index contributed by atoms with van der Waals surface area (Å²) in [5.41, 5.74) is 11.1. The second kappa shape index (κ2) is 5.13. The number of fused-ring (bicyclic) bond motifs is 1. The third kappa shape index (κ3) is 2.54. The normalized spacial score (nSPS) is 15.5. The number of nitrogens with two attached hydrogens (primary N) is 1. The number of hydrogen-bond donors (Lipinski definition) is 1. The van der Waals surface area contributed by atoms with Gasteiger partial charge in [-0.3, -0.25) is 0 Å². The Balaban J connectivity index is 1.76. The lowest BCUT2D eigenvalue weighted by atomic mass is 10.1. The van der Waals surface area contributed by atoms with Crippen LogP contribution >= 0.6 is 0 Å². The van der Waals surface area contributed by atoms with E-state index in [9.17, 15) is 0 Å². The van der Waals surface area contributed by atoms with E-state index >= 15 is 0 Å². The predicted molar refractivity (Wildman–Crippen MR) is 74.8 cm³/mol. The molecule has 0 saturated carbocycles. The average Bonchev–Trinajstić information content (AvgIpc) is 3.06. The van der Waals surface area contributed by atoms with Crippen LogP contribution in [0.3, 0.4) is 0 Å². The molecule has 100 valence electrons. The third-order valence-corrected chi connectivity index (χ3v) is 3.88. The van der Waals surface area contributed by atoms with Gasteiger partial charge in [0.1, 0.15) is 0 Å². The van der Waals surface area contributed by atoms with Crippen molar-refractivity contribution < 1.29 is 0 Å². The van der Waals surface area contributed by atoms with Crippen LogP contribution in [0, 0.1) is 0 Å². The van der Waals surface area contributed by atoms with Gasteiger partial charge in [-0.2, -0.15) is 0 Å². The van der Waals surface area contributed by atoms with Gasteiger partial charge in [0, 0.05) is 0 Å². The van der Waals surface area contributed by atoms with E-state index in [1.807, 2.05) is 10.9 Å². The van der Waals surface area contributed by atoms with Gasteiger partial charge in [0.15, 0.2) is 0 Å². The van der Waals surface area contributed by atoms with Gasteiger partial charge in [-0.1, -0.05) is 30.3 Å². The van der Waals surface area contributed by atoms with Gasteiger partial charge in [0.2, 0.25) is 0 Å². The summed E-state index contributed by atoms with van der Waals surface area (Å²) >= 11 is 0. The minimum absolute atomic E-state index is 0.00577. The van der Waals surface area contributed by atoms with E-state index in [-0.39, 0.29) is 6.04 Å². The summed E-state index contributed by atoms with van der Waals surface area (Å²) in [6.07, 6.45) is 6.58. The molecule has 2 N–H and O–H groups in total. The maximum atomic E-state index is 5.96. The molecule has 4 heteroatoms. The molecule has 0 spiro atoms. The van der Waals surface area contributed by atoms with Crippen LogP contribution in [0.5, 0.6) is 0 Å². The highest BCUT2D eigenvalue weighted by atomic mass is 15.4. The number of rotatable bonds is 4. The van der Waals surface area contributed by atoms with Crippen LogP contribution in [0.25, 0.3) is 0 Å². The Morgan fingerprint density at radius 3 is 3.00 bits per heavy atom. The Labute approximate surface area is 113 Å². The zero-order chi connectivity index (χ0) is 13.2. The van der Waals surface area contributed by atoms with Crippen molar-refractivity contribution in [3.05, 3.63) is 46.8 Å². The fraction of sp³-hybridized carbons (Fsp3) is 0.467. The van der Waals surface area contributed by atoms with Crippen LogP contribution in [-0.4, -0.2) is 15.0 Å². The number of aromatic nitrogens is 3. The van der Waals surface area contributed by atoms with Crippen molar-refractivity contribution >= 4 is 0 Å². The minimum atomic E-state index is -0.00577. The first-order valence-corrected chi connectivity index (χ1v) is 7.02. The van der Waals surface area contributed by atoms with Crippen LogP contribution in [0.15, 0.2) is 24.4 Å². The Bertz CT molecular complexity index is 573. The van der Waals surface area contributed by atoms with Crippen molar-refractivity contribution in [1.82, 2.24) is 15.0 Å². The van der Waals surface area contributed by atoms with Crippen molar-refractivity contribution in [2.75, 3.05) is 0 Å². The number of benzene rings is 1. The van der Waals surface area contributed by atoms with Crippen molar-refractivity contribution in [2.45, 2.75) is 45.2 Å². The Kier molecular flexibility index (Phi) is 3.34.